The van der Waals surface area contributed by atoms with E-state index in [1.54, 1.807) is 12.1 Å². The number of amides is 1. The molecule has 2 N–H and O–H groups in total. The van der Waals surface area contributed by atoms with E-state index in [4.69, 9.17) is 11.6 Å². The van der Waals surface area contributed by atoms with Crippen molar-refractivity contribution in [2.75, 3.05) is 11.9 Å². The lowest BCUT2D eigenvalue weighted by atomic mass is 10.1. The lowest BCUT2D eigenvalue weighted by molar-refractivity contribution is -0.115. The molecule has 0 bridgehead atoms. The number of fused-ring (bicyclic) bond motifs is 1. The minimum atomic E-state index is -3.56. The zero-order valence-electron chi connectivity index (χ0n) is 13.6. The predicted octanol–water partition coefficient (Wildman–Crippen LogP) is 3.14. The lowest BCUT2D eigenvalue weighted by Crippen LogP contribution is -2.25. The minimum absolute atomic E-state index is 0.112. The average molecular weight is 379 g/mol. The quantitative estimate of drug-likeness (QED) is 0.727. The number of aryl methyl sites for hydroxylation is 1. The highest BCUT2D eigenvalue weighted by Gasteiger charge is 2.21. The molecule has 25 heavy (non-hydrogen) atoms. The first-order chi connectivity index (χ1) is 11.9. The third kappa shape index (κ3) is 4.60. The van der Waals surface area contributed by atoms with Crippen molar-refractivity contribution >= 4 is 33.2 Å². The molecule has 2 aromatic rings. The zero-order chi connectivity index (χ0) is 17.9. The number of rotatable bonds is 7. The third-order valence-electron chi connectivity index (χ3n) is 4.09. The highest BCUT2D eigenvalue weighted by molar-refractivity contribution is 7.89. The topological polar surface area (TPSA) is 75.3 Å². The second kappa shape index (κ2) is 7.56. The van der Waals surface area contributed by atoms with Crippen LogP contribution in [0.5, 0.6) is 0 Å². The maximum atomic E-state index is 12.4. The molecule has 0 atom stereocenters. The molecule has 0 aromatic heterocycles. The molecule has 1 aliphatic rings. The second-order valence-corrected chi connectivity index (χ2v) is 8.23. The summed E-state index contributed by atoms with van der Waals surface area (Å²) in [6.07, 6.45) is 2.68. The van der Waals surface area contributed by atoms with Crippen LogP contribution in [-0.2, 0) is 27.7 Å². The van der Waals surface area contributed by atoms with Crippen LogP contribution in [0, 0.1) is 0 Å². The van der Waals surface area contributed by atoms with Crippen LogP contribution in [0.1, 0.15) is 24.0 Å². The molecule has 0 fully saturated rings. The largest absolute Gasteiger partial charge is 0.326 e. The van der Waals surface area contributed by atoms with E-state index in [0.717, 1.165) is 24.8 Å². The fourth-order valence-corrected chi connectivity index (χ4v) is 4.15. The Balaban J connectivity index is 1.51. The van der Waals surface area contributed by atoms with Gasteiger partial charge in [-0.15, -0.1) is 0 Å². The number of carbonyl (C=O) groups excluding carboxylic acids is 1. The van der Waals surface area contributed by atoms with Gasteiger partial charge in [0.2, 0.25) is 15.9 Å². The van der Waals surface area contributed by atoms with E-state index >= 15 is 0 Å². The minimum Gasteiger partial charge on any atom is -0.326 e. The van der Waals surface area contributed by atoms with Crippen molar-refractivity contribution in [1.82, 2.24) is 4.72 Å². The lowest BCUT2D eigenvalue weighted by Gasteiger charge is -2.08. The zero-order valence-corrected chi connectivity index (χ0v) is 15.2. The van der Waals surface area contributed by atoms with Crippen molar-refractivity contribution in [2.24, 2.45) is 0 Å². The van der Waals surface area contributed by atoms with Crippen LogP contribution in [0.2, 0.25) is 5.02 Å². The molecule has 0 spiro atoms. The molecular formula is C18H19ClN2O3S. The Morgan fingerprint density at radius 1 is 1.12 bits per heavy atom. The molecule has 3 rings (SSSR count). The van der Waals surface area contributed by atoms with E-state index < -0.39 is 10.0 Å². The molecule has 2 aromatic carbocycles. The van der Waals surface area contributed by atoms with E-state index in [0.29, 0.717) is 22.8 Å². The van der Waals surface area contributed by atoms with Crippen LogP contribution in [-0.4, -0.2) is 20.9 Å². The second-order valence-electron chi connectivity index (χ2n) is 6.03. The number of unbranched alkanes of at least 4 members (excludes halogenated alkanes) is 1. The van der Waals surface area contributed by atoms with Gasteiger partial charge in [-0.3, -0.25) is 4.79 Å². The Kier molecular flexibility index (Phi) is 5.42. The van der Waals surface area contributed by atoms with Gasteiger partial charge < -0.3 is 5.32 Å². The first kappa shape index (κ1) is 17.9. The molecule has 1 aliphatic heterocycles. The van der Waals surface area contributed by atoms with Crippen molar-refractivity contribution < 1.29 is 13.2 Å². The van der Waals surface area contributed by atoms with Crippen LogP contribution >= 0.6 is 11.6 Å². The Bertz CT molecular complexity index is 897. The number of sulfonamides is 1. The van der Waals surface area contributed by atoms with E-state index in [9.17, 15) is 13.2 Å². The summed E-state index contributed by atoms with van der Waals surface area (Å²) < 4.78 is 27.3. The Labute approximate surface area is 152 Å². The van der Waals surface area contributed by atoms with E-state index in [-0.39, 0.29) is 17.2 Å². The van der Waals surface area contributed by atoms with Crippen molar-refractivity contribution in [1.29, 1.82) is 0 Å². The summed E-state index contributed by atoms with van der Waals surface area (Å²) in [5.74, 6) is -0.112. The van der Waals surface area contributed by atoms with Gasteiger partial charge in [-0.2, -0.15) is 0 Å². The van der Waals surface area contributed by atoms with E-state index in [1.807, 2.05) is 24.3 Å². The van der Waals surface area contributed by atoms with Crippen molar-refractivity contribution in [2.45, 2.75) is 30.6 Å². The molecular weight excluding hydrogens is 360 g/mol. The summed E-state index contributed by atoms with van der Waals surface area (Å²) in [6.45, 7) is 0.372. The van der Waals surface area contributed by atoms with Gasteiger partial charge in [0, 0.05) is 17.3 Å². The maximum absolute atomic E-state index is 12.4. The predicted molar refractivity (Wildman–Crippen MR) is 98.4 cm³/mol. The molecule has 1 amide bonds. The summed E-state index contributed by atoms with van der Waals surface area (Å²) in [5.41, 5.74) is 2.55. The monoisotopic (exact) mass is 378 g/mol. The fourth-order valence-electron chi connectivity index (χ4n) is 2.81. The molecule has 0 aliphatic carbocycles. The number of halogens is 1. The molecule has 132 valence electrons. The summed E-state index contributed by atoms with van der Waals surface area (Å²) in [6, 6.07) is 12.4. The van der Waals surface area contributed by atoms with Crippen molar-refractivity contribution in [3.8, 4) is 0 Å². The standard InChI is InChI=1S/C18H19ClN2O3S/c19-15-6-3-5-13(10-15)4-1-2-9-20-25(23,24)16-7-8-17-14(11-16)12-18(22)21-17/h3,5-8,10-11,20H,1-2,4,9,12H2,(H,21,22). The molecule has 7 heteroatoms. The van der Waals surface area contributed by atoms with Crippen LogP contribution in [0.15, 0.2) is 47.4 Å². The Morgan fingerprint density at radius 2 is 1.96 bits per heavy atom. The summed E-state index contributed by atoms with van der Waals surface area (Å²) in [4.78, 5) is 11.6. The van der Waals surface area contributed by atoms with Crippen LogP contribution in [0.25, 0.3) is 0 Å². The number of hydrogen-bond donors (Lipinski definition) is 2. The number of carbonyl (C=O) groups is 1. The highest BCUT2D eigenvalue weighted by Crippen LogP contribution is 2.25. The van der Waals surface area contributed by atoms with Gasteiger partial charge in [0.15, 0.2) is 0 Å². The normalized spacial score (nSPS) is 13.6. The molecule has 0 saturated heterocycles. The van der Waals surface area contributed by atoms with Gasteiger partial charge in [0.25, 0.3) is 0 Å². The number of benzene rings is 2. The maximum Gasteiger partial charge on any atom is 0.240 e. The first-order valence-electron chi connectivity index (χ1n) is 8.11. The summed E-state index contributed by atoms with van der Waals surface area (Å²) in [7, 11) is -3.56. The fraction of sp³-hybridized carbons (Fsp3) is 0.278. The first-order valence-corrected chi connectivity index (χ1v) is 9.97. The SMILES string of the molecule is O=C1Cc2cc(S(=O)(=O)NCCCCc3cccc(Cl)c3)ccc2N1. The third-order valence-corrected chi connectivity index (χ3v) is 5.78. The molecule has 0 radical (unpaired) electrons. The van der Waals surface area contributed by atoms with Crippen molar-refractivity contribution in [3.05, 3.63) is 58.6 Å². The molecule has 5 nitrogen and oxygen atoms in total. The van der Waals surface area contributed by atoms with Gasteiger partial charge in [0.05, 0.1) is 11.3 Å². The van der Waals surface area contributed by atoms with E-state index in [1.165, 1.54) is 6.07 Å². The van der Waals surface area contributed by atoms with Crippen LogP contribution < -0.4 is 10.0 Å². The molecule has 0 unspecified atom stereocenters. The van der Waals surface area contributed by atoms with Crippen LogP contribution in [0.3, 0.4) is 0 Å². The highest BCUT2D eigenvalue weighted by atomic mass is 35.5. The summed E-state index contributed by atoms with van der Waals surface area (Å²) >= 11 is 5.94. The van der Waals surface area contributed by atoms with Crippen LogP contribution in [0.4, 0.5) is 5.69 Å². The summed E-state index contributed by atoms with van der Waals surface area (Å²) in [5, 5.41) is 3.40. The Morgan fingerprint density at radius 3 is 2.76 bits per heavy atom. The van der Waals surface area contributed by atoms with Gasteiger partial charge in [-0.05, 0) is 60.7 Å². The van der Waals surface area contributed by atoms with E-state index in [2.05, 4.69) is 10.0 Å². The average Bonchev–Trinajstić information content (AvgIpc) is 2.93. The van der Waals surface area contributed by atoms with Gasteiger partial charge in [-0.25, -0.2) is 13.1 Å². The molecule has 1 heterocycles. The number of anilines is 1. The van der Waals surface area contributed by atoms with Gasteiger partial charge in [0.1, 0.15) is 0 Å². The number of nitrogens with one attached hydrogen (secondary N) is 2. The van der Waals surface area contributed by atoms with Gasteiger partial charge in [-0.1, -0.05) is 23.7 Å². The Hall–Kier alpha value is -1.89. The van der Waals surface area contributed by atoms with Crippen molar-refractivity contribution in [3.63, 3.8) is 0 Å². The van der Waals surface area contributed by atoms with Gasteiger partial charge >= 0.3 is 0 Å². The number of hydrogen-bond acceptors (Lipinski definition) is 3. The smallest absolute Gasteiger partial charge is 0.240 e. The molecule has 0 saturated carbocycles.